The number of aliphatic hydroxyl groups is 1. The Labute approximate surface area is 221 Å². The molecular formula is C20H19N5O7S4. The highest BCUT2D eigenvalue weighted by atomic mass is 32.2. The number of carbonyl (C=O) groups is 3. The van der Waals surface area contributed by atoms with Crippen LogP contribution in [0.25, 0.3) is 0 Å². The van der Waals surface area contributed by atoms with Crippen LogP contribution in [-0.4, -0.2) is 59.5 Å². The summed E-state index contributed by atoms with van der Waals surface area (Å²) in [6.45, 7) is 2.79. The van der Waals surface area contributed by atoms with Crippen molar-refractivity contribution >= 4 is 75.2 Å². The molecule has 1 aromatic carbocycles. The Balaban J connectivity index is 1.44. The molecule has 1 aromatic heterocycles. The number of nitrogens with one attached hydrogen (secondary N) is 1. The number of amides is 2. The van der Waals surface area contributed by atoms with Gasteiger partial charge in [0, 0.05) is 19.1 Å². The molecule has 3 atom stereocenters. The highest BCUT2D eigenvalue weighted by molar-refractivity contribution is 8.28. The second-order valence-corrected chi connectivity index (χ2v) is 12.5. The number of fused-ring (bicyclic) bond motifs is 1. The van der Waals surface area contributed by atoms with Crippen LogP contribution in [0, 0.1) is 16.0 Å². The summed E-state index contributed by atoms with van der Waals surface area (Å²) in [4.78, 5) is 48.5. The fraction of sp³-hybridized carbons (Fsp3) is 0.350. The normalized spacial score (nSPS) is 19.5. The van der Waals surface area contributed by atoms with E-state index in [0.717, 1.165) is 0 Å². The first-order valence-corrected chi connectivity index (χ1v) is 14.0. The quantitative estimate of drug-likeness (QED) is 0.0818. The van der Waals surface area contributed by atoms with Gasteiger partial charge in [-0.15, -0.1) is 22.0 Å². The van der Waals surface area contributed by atoms with Crippen molar-refractivity contribution in [3.8, 4) is 0 Å². The first-order chi connectivity index (χ1) is 17.2. The van der Waals surface area contributed by atoms with Crippen molar-refractivity contribution in [1.82, 2.24) is 15.1 Å². The van der Waals surface area contributed by atoms with Crippen molar-refractivity contribution < 1.29 is 29.2 Å². The average molecular weight is 570 g/mol. The van der Waals surface area contributed by atoms with E-state index in [1.54, 1.807) is 0 Å². The summed E-state index contributed by atoms with van der Waals surface area (Å²) < 4.78 is 6.64. The van der Waals surface area contributed by atoms with E-state index in [1.165, 1.54) is 89.6 Å². The topological polar surface area (TPSA) is 165 Å². The Kier molecular flexibility index (Phi) is 8.19. The smallest absolute Gasteiger partial charge is 0.357 e. The number of nitro benzene ring substituents is 1. The van der Waals surface area contributed by atoms with E-state index < -0.39 is 28.3 Å². The molecule has 0 radical (unpaired) electrons. The minimum Gasteiger partial charge on any atom is -0.456 e. The van der Waals surface area contributed by atoms with Gasteiger partial charge in [0.15, 0.2) is 10.0 Å². The van der Waals surface area contributed by atoms with E-state index in [-0.39, 0.29) is 29.8 Å². The fourth-order valence-corrected chi connectivity index (χ4v) is 8.61. The molecule has 0 aliphatic carbocycles. The predicted molar refractivity (Wildman–Crippen MR) is 136 cm³/mol. The Bertz CT molecular complexity index is 1230. The molecule has 3 heterocycles. The van der Waals surface area contributed by atoms with E-state index in [0.29, 0.717) is 24.4 Å². The van der Waals surface area contributed by atoms with Crippen molar-refractivity contribution in [3.05, 3.63) is 49.9 Å². The highest BCUT2D eigenvalue weighted by Crippen LogP contribution is 2.54. The summed E-state index contributed by atoms with van der Waals surface area (Å²) in [6, 6.07) is 5.63. The summed E-state index contributed by atoms with van der Waals surface area (Å²) >= 11 is 5.24. The van der Waals surface area contributed by atoms with Gasteiger partial charge in [0.25, 0.3) is 5.69 Å². The molecule has 4 rings (SSSR count). The number of aromatic nitrogens is 2. The van der Waals surface area contributed by atoms with E-state index in [4.69, 9.17) is 4.74 Å². The zero-order valence-corrected chi connectivity index (χ0v) is 22.0. The largest absolute Gasteiger partial charge is 0.456 e. The molecule has 0 spiro atoms. The minimum atomic E-state index is -0.865. The number of benzene rings is 1. The van der Waals surface area contributed by atoms with Gasteiger partial charge in [-0.3, -0.25) is 24.6 Å². The number of non-ortho nitro benzene ring substituents is 1. The molecule has 0 saturated carbocycles. The molecule has 36 heavy (non-hydrogen) atoms. The molecular weight excluding hydrogens is 551 g/mol. The van der Waals surface area contributed by atoms with Gasteiger partial charge in [-0.1, -0.05) is 34.9 Å². The Hall–Kier alpha value is -2.66. The lowest BCUT2D eigenvalue weighted by atomic mass is 9.92. The lowest BCUT2D eigenvalue weighted by Crippen LogP contribution is -2.60. The van der Waals surface area contributed by atoms with Gasteiger partial charge in [-0.05, 0) is 24.6 Å². The number of nitro groups is 1. The van der Waals surface area contributed by atoms with Crippen LogP contribution in [0.15, 0.2) is 38.5 Å². The van der Waals surface area contributed by atoms with Gasteiger partial charge in [-0.2, -0.15) is 0 Å². The van der Waals surface area contributed by atoms with Gasteiger partial charge >= 0.3 is 5.97 Å². The standard InChI is InChI=1S/C20H19N5O7S4/c1-9(26)13-15(28)24-14(17(29)32-7-11-3-5-12(6-4-11)25(30)31)18(35-16(13)24)33-8-34-20-23-22-19(36-20)21-10(2)27/h3-6,9,13,16,26H,7-8H2,1-2H3,(H,21,22,27)/t9-,13+,16-/m1/s1. The van der Waals surface area contributed by atoms with Gasteiger partial charge < -0.3 is 15.2 Å². The predicted octanol–water partition coefficient (Wildman–Crippen LogP) is 3.01. The van der Waals surface area contributed by atoms with E-state index >= 15 is 0 Å². The lowest BCUT2D eigenvalue weighted by Gasteiger charge is -2.43. The number of esters is 1. The summed E-state index contributed by atoms with van der Waals surface area (Å²) in [6.07, 6.45) is -0.865. The number of rotatable bonds is 10. The molecule has 1 saturated heterocycles. The fourth-order valence-electron chi connectivity index (χ4n) is 3.38. The Morgan fingerprint density at radius 3 is 2.67 bits per heavy atom. The van der Waals surface area contributed by atoms with Crippen LogP contribution in [0.3, 0.4) is 0 Å². The molecule has 2 N–H and O–H groups in total. The number of nitrogens with zero attached hydrogens (tertiary/aromatic N) is 4. The van der Waals surface area contributed by atoms with E-state index in [2.05, 4.69) is 15.5 Å². The van der Waals surface area contributed by atoms with Gasteiger partial charge in [0.2, 0.25) is 16.9 Å². The number of β-lactam (4-membered cyclic amide) rings is 1. The van der Waals surface area contributed by atoms with Crippen LogP contribution in [-0.2, 0) is 25.7 Å². The Morgan fingerprint density at radius 1 is 1.31 bits per heavy atom. The number of carbonyl (C=O) groups excluding carboxylic acids is 3. The number of hydrogen-bond acceptors (Lipinski definition) is 13. The SMILES string of the molecule is CC(=O)Nc1nnc(SCSC2=C(C(=O)OCc3ccc([N+](=O)[O-])cc3)N3C(=O)[C@H]([C@@H](C)O)[C@H]3S2)s1. The first-order valence-electron chi connectivity index (χ1n) is 10.3. The molecule has 12 nitrogen and oxygen atoms in total. The van der Waals surface area contributed by atoms with Gasteiger partial charge in [-0.25, -0.2) is 4.79 Å². The van der Waals surface area contributed by atoms with Crippen LogP contribution in [0.1, 0.15) is 19.4 Å². The Morgan fingerprint density at radius 2 is 2.03 bits per heavy atom. The maximum atomic E-state index is 13.0. The third-order valence-electron chi connectivity index (χ3n) is 5.04. The molecule has 1 fully saturated rings. The van der Waals surface area contributed by atoms with E-state index in [1.807, 2.05) is 0 Å². The maximum Gasteiger partial charge on any atom is 0.357 e. The second-order valence-electron chi connectivity index (χ2n) is 7.58. The number of hydrogen-bond donors (Lipinski definition) is 2. The first kappa shape index (κ1) is 26.4. The number of thioether (sulfide) groups is 3. The van der Waals surface area contributed by atoms with Crippen molar-refractivity contribution in [2.45, 2.75) is 36.3 Å². The van der Waals surface area contributed by atoms with Crippen molar-refractivity contribution in [2.24, 2.45) is 5.92 Å². The van der Waals surface area contributed by atoms with Crippen molar-refractivity contribution in [3.63, 3.8) is 0 Å². The van der Waals surface area contributed by atoms with Crippen molar-refractivity contribution in [1.29, 1.82) is 0 Å². The van der Waals surface area contributed by atoms with Crippen LogP contribution in [0.2, 0.25) is 0 Å². The molecule has 2 amide bonds. The molecule has 0 unspecified atom stereocenters. The monoisotopic (exact) mass is 569 g/mol. The minimum absolute atomic E-state index is 0.0750. The maximum absolute atomic E-state index is 13.0. The summed E-state index contributed by atoms with van der Waals surface area (Å²) in [5.41, 5.74) is 0.606. The second kappa shape index (κ2) is 11.2. The van der Waals surface area contributed by atoms with Gasteiger partial charge in [0.1, 0.15) is 12.0 Å². The van der Waals surface area contributed by atoms with Crippen LogP contribution < -0.4 is 5.32 Å². The zero-order chi connectivity index (χ0) is 26.0. The number of anilines is 1. The highest BCUT2D eigenvalue weighted by Gasteiger charge is 2.58. The number of ether oxygens (including phenoxy) is 1. The molecule has 2 aromatic rings. The molecule has 190 valence electrons. The third-order valence-corrected chi connectivity index (χ3v) is 9.80. The summed E-state index contributed by atoms with van der Waals surface area (Å²) in [5.74, 6) is -1.92. The molecule has 2 aliphatic rings. The third kappa shape index (κ3) is 5.67. The summed E-state index contributed by atoms with van der Waals surface area (Å²) in [5, 5.41) is 31.7. The van der Waals surface area contributed by atoms with Crippen LogP contribution >= 0.6 is 46.6 Å². The average Bonchev–Trinajstić information content (AvgIpc) is 3.39. The van der Waals surface area contributed by atoms with Crippen LogP contribution in [0.4, 0.5) is 10.8 Å². The van der Waals surface area contributed by atoms with E-state index in [9.17, 15) is 29.6 Å². The van der Waals surface area contributed by atoms with Crippen molar-refractivity contribution in [2.75, 3.05) is 10.4 Å². The van der Waals surface area contributed by atoms with Gasteiger partial charge in [0.05, 0.1) is 26.3 Å². The molecule has 0 bridgehead atoms. The zero-order valence-electron chi connectivity index (χ0n) is 18.8. The molecule has 2 aliphatic heterocycles. The molecule has 16 heteroatoms. The van der Waals surface area contributed by atoms with Crippen LogP contribution in [0.5, 0.6) is 0 Å². The summed E-state index contributed by atoms with van der Waals surface area (Å²) in [7, 11) is 0. The number of aliphatic hydroxyl groups excluding tert-OH is 1. The lowest BCUT2D eigenvalue weighted by molar-refractivity contribution is -0.384.